The first-order chi connectivity index (χ1) is 39.9. The van der Waals surface area contributed by atoms with Crippen LogP contribution in [0.4, 0.5) is 0 Å². The first-order valence-corrected chi connectivity index (χ1v) is 25.7. The van der Waals surface area contributed by atoms with Gasteiger partial charge in [-0.25, -0.2) is 33.6 Å². The minimum Gasteiger partial charge on any atom is -0.460 e. The molecular weight excluding hydrogens is 1060 g/mol. The summed E-state index contributed by atoms with van der Waals surface area (Å²) in [6.07, 6.45) is -15.4. The molecule has 2 saturated heterocycles. The minimum atomic E-state index is -2.78. The highest BCUT2D eigenvalue weighted by molar-refractivity contribution is 5.93. The van der Waals surface area contributed by atoms with Gasteiger partial charge in [0.15, 0.2) is 30.5 Å². The van der Waals surface area contributed by atoms with Gasteiger partial charge < -0.3 is 52.1 Å². The summed E-state index contributed by atoms with van der Waals surface area (Å²) in [5, 5.41) is 0. The molecule has 2 fully saturated rings. The number of benzene rings is 7. The van der Waals surface area contributed by atoms with E-state index in [4.69, 9.17) is 52.1 Å². The molecule has 0 radical (unpaired) electrons. The summed E-state index contributed by atoms with van der Waals surface area (Å²) in [7, 11) is 0. The summed E-state index contributed by atoms with van der Waals surface area (Å²) in [6.45, 7) is -1.55. The van der Waals surface area contributed by atoms with E-state index in [9.17, 15) is 38.4 Å². The van der Waals surface area contributed by atoms with Gasteiger partial charge in [-0.1, -0.05) is 127 Å². The Kier molecular flexibility index (Phi) is 18.7. The Labute approximate surface area is 469 Å². The smallest absolute Gasteiger partial charge is 0.338 e. The maximum atomic E-state index is 14.6. The molecule has 19 heteroatoms. The Bertz CT molecular complexity index is 3320. The Morgan fingerprint density at radius 3 is 1.02 bits per heavy atom. The zero-order valence-corrected chi connectivity index (χ0v) is 43.7. The lowest BCUT2D eigenvalue weighted by Gasteiger charge is -2.46. The quantitative estimate of drug-likeness (QED) is 0.0516. The van der Waals surface area contributed by atoms with E-state index in [2.05, 4.69) is 0 Å². The highest BCUT2D eigenvalue weighted by Gasteiger charge is 2.65. The van der Waals surface area contributed by atoms with E-state index in [0.717, 1.165) is 6.92 Å². The second-order valence-electron chi connectivity index (χ2n) is 18.5. The van der Waals surface area contributed by atoms with E-state index < -0.39 is 122 Å². The zero-order chi connectivity index (χ0) is 57.4. The van der Waals surface area contributed by atoms with Gasteiger partial charge in [0.2, 0.25) is 12.1 Å². The average Bonchev–Trinajstić information content (AvgIpc) is 4.05. The Hall–Kier alpha value is -9.82. The van der Waals surface area contributed by atoms with Crippen LogP contribution in [0.1, 0.15) is 79.4 Å². The van der Waals surface area contributed by atoms with Crippen molar-refractivity contribution in [2.45, 2.75) is 61.7 Å². The predicted molar refractivity (Wildman–Crippen MR) is 286 cm³/mol. The van der Waals surface area contributed by atoms with Crippen LogP contribution in [0, 0.1) is 0 Å². The van der Waals surface area contributed by atoms with Crippen LogP contribution < -0.4 is 0 Å². The summed E-state index contributed by atoms with van der Waals surface area (Å²) < 4.78 is 68.9. The van der Waals surface area contributed by atoms with Crippen molar-refractivity contribution in [3.8, 4) is 0 Å². The first-order valence-electron chi connectivity index (χ1n) is 25.7. The molecule has 0 saturated carbocycles. The third-order valence-corrected chi connectivity index (χ3v) is 12.9. The molecule has 9 rings (SSSR count). The molecule has 0 bridgehead atoms. The highest BCUT2D eigenvalue weighted by atomic mass is 16.8. The number of hydrogen-bond acceptors (Lipinski definition) is 19. The molecule has 7 aromatic carbocycles. The highest BCUT2D eigenvalue weighted by Crippen LogP contribution is 2.42. The molecule has 418 valence electrons. The summed E-state index contributed by atoms with van der Waals surface area (Å²) in [5.74, 6) is -10.6. The number of carbonyl (C=O) groups is 8. The molecule has 7 aromatic rings. The van der Waals surface area contributed by atoms with Gasteiger partial charge >= 0.3 is 47.8 Å². The second-order valence-corrected chi connectivity index (χ2v) is 18.5. The van der Waals surface area contributed by atoms with Gasteiger partial charge in [0, 0.05) is 6.92 Å². The molecule has 0 spiro atoms. The summed E-state index contributed by atoms with van der Waals surface area (Å²) in [4.78, 5) is 113. The van der Waals surface area contributed by atoms with Gasteiger partial charge in [-0.15, -0.1) is 0 Å². The fourth-order valence-electron chi connectivity index (χ4n) is 8.86. The molecule has 82 heavy (non-hydrogen) atoms. The van der Waals surface area contributed by atoms with Crippen LogP contribution in [-0.2, 0) is 56.9 Å². The van der Waals surface area contributed by atoms with Crippen molar-refractivity contribution >= 4 is 47.8 Å². The maximum Gasteiger partial charge on any atom is 0.338 e. The van der Waals surface area contributed by atoms with Gasteiger partial charge in [-0.3, -0.25) is 4.79 Å². The van der Waals surface area contributed by atoms with Crippen LogP contribution >= 0.6 is 0 Å². The van der Waals surface area contributed by atoms with Crippen molar-refractivity contribution in [2.24, 2.45) is 0 Å². The standard InChI is InChI=1S/C63H52O19/c1-40(64)74-39-63(54(80-61(71)47-35-21-8-22-36-47)51(77-58(68)44-29-15-5-16-30-44)49(81-63)38-73-56(66)42-25-11-3-12-26-42)82-62-53(79-60(70)46-33-19-7-20-34-46)52(78-59(69)45-31-17-6-18-32-45)50(76-57(67)43-27-13-4-14-28-43)48(75-62)37-72-55(65)41-23-9-2-10-24-41/h2-36,48-54,62H,37-39H2,1H3/t48-,49-,50-,51-,52+,53-,54+,62-,63+/m1/s1. The Balaban J connectivity index is 1.21. The topological polar surface area (TPSA) is 238 Å². The summed E-state index contributed by atoms with van der Waals surface area (Å²) in [6, 6.07) is 53.8. The molecule has 0 aromatic heterocycles. The fourth-order valence-corrected chi connectivity index (χ4v) is 8.86. The molecule has 0 aliphatic carbocycles. The van der Waals surface area contributed by atoms with Gasteiger partial charge in [-0.05, 0) is 84.9 Å². The fraction of sp³-hybridized carbons (Fsp3) is 0.206. The van der Waals surface area contributed by atoms with Crippen LogP contribution in [0.3, 0.4) is 0 Å². The lowest BCUT2D eigenvalue weighted by Crippen LogP contribution is -2.66. The molecule has 0 amide bonds. The number of ether oxygens (including phenoxy) is 11. The third kappa shape index (κ3) is 14.1. The molecular formula is C63H52O19. The van der Waals surface area contributed by atoms with Crippen molar-refractivity contribution in [3.63, 3.8) is 0 Å². The van der Waals surface area contributed by atoms with E-state index in [0.29, 0.717) is 0 Å². The molecule has 2 aliphatic heterocycles. The monoisotopic (exact) mass is 1110 g/mol. The molecule has 2 heterocycles. The number of hydrogen-bond donors (Lipinski definition) is 0. The Morgan fingerprint density at radius 1 is 0.354 bits per heavy atom. The van der Waals surface area contributed by atoms with Gasteiger partial charge in [0.05, 0.1) is 38.9 Å². The molecule has 2 aliphatic rings. The van der Waals surface area contributed by atoms with Crippen molar-refractivity contribution in [1.82, 2.24) is 0 Å². The van der Waals surface area contributed by atoms with Crippen LogP contribution in [-0.4, -0.2) is 122 Å². The number of rotatable bonds is 20. The lowest BCUT2D eigenvalue weighted by atomic mass is 9.97. The van der Waals surface area contributed by atoms with Gasteiger partial charge in [0.1, 0.15) is 32.0 Å². The zero-order valence-electron chi connectivity index (χ0n) is 43.7. The minimum absolute atomic E-state index is 0.0182. The predicted octanol–water partition coefficient (Wildman–Crippen LogP) is 8.23. The third-order valence-electron chi connectivity index (χ3n) is 12.9. The van der Waals surface area contributed by atoms with E-state index >= 15 is 0 Å². The molecule has 0 N–H and O–H groups in total. The molecule has 0 unspecified atom stereocenters. The van der Waals surface area contributed by atoms with Crippen molar-refractivity contribution in [3.05, 3.63) is 251 Å². The number of esters is 8. The van der Waals surface area contributed by atoms with Crippen LogP contribution in [0.5, 0.6) is 0 Å². The van der Waals surface area contributed by atoms with Crippen LogP contribution in [0.25, 0.3) is 0 Å². The first kappa shape index (κ1) is 56.9. The lowest BCUT2D eigenvalue weighted by molar-refractivity contribution is -0.381. The van der Waals surface area contributed by atoms with Crippen molar-refractivity contribution in [2.75, 3.05) is 19.8 Å². The number of carbonyl (C=O) groups excluding carboxylic acids is 8. The summed E-state index contributed by atoms with van der Waals surface area (Å²) >= 11 is 0. The summed E-state index contributed by atoms with van der Waals surface area (Å²) in [5.41, 5.74) is 0.160. The van der Waals surface area contributed by atoms with Crippen molar-refractivity contribution < 1.29 is 90.5 Å². The van der Waals surface area contributed by atoms with Gasteiger partial charge in [0.25, 0.3) is 0 Å². The van der Waals surface area contributed by atoms with Crippen LogP contribution in [0.2, 0.25) is 0 Å². The second kappa shape index (κ2) is 26.9. The van der Waals surface area contributed by atoms with E-state index in [1.54, 1.807) is 127 Å². The van der Waals surface area contributed by atoms with Crippen LogP contribution in [0.15, 0.2) is 212 Å². The van der Waals surface area contributed by atoms with E-state index in [1.165, 1.54) is 84.9 Å². The van der Waals surface area contributed by atoms with Gasteiger partial charge in [-0.2, -0.15) is 0 Å². The largest absolute Gasteiger partial charge is 0.460 e. The molecule has 9 atom stereocenters. The average molecular weight is 1110 g/mol. The van der Waals surface area contributed by atoms with Crippen molar-refractivity contribution in [1.29, 1.82) is 0 Å². The normalized spacial score (nSPS) is 21.8. The molecule has 19 nitrogen and oxygen atoms in total. The van der Waals surface area contributed by atoms with E-state index in [-0.39, 0.29) is 38.9 Å². The SMILES string of the molecule is CC(=O)OC[C@@]1(O[C@H]2O[C@H](COC(=O)c3ccccc3)[C@@H](OC(=O)c3ccccc3)[C@H](OC(=O)c3ccccc3)[C@H]2OC(=O)c2ccccc2)O[C@H](COC(=O)c2ccccc2)[C@@H](OC(=O)c2ccccc2)[C@@H]1OC(=O)c1ccccc1. The maximum absolute atomic E-state index is 14.6. The van der Waals surface area contributed by atoms with E-state index in [1.807, 2.05) is 0 Å². The Morgan fingerprint density at radius 2 is 0.659 bits per heavy atom.